The van der Waals surface area contributed by atoms with Crippen molar-refractivity contribution in [1.29, 1.82) is 5.26 Å². The van der Waals surface area contributed by atoms with Crippen LogP contribution in [0, 0.1) is 17.2 Å². The Kier molecular flexibility index (Phi) is 4.91. The van der Waals surface area contributed by atoms with Crippen molar-refractivity contribution in [2.24, 2.45) is 5.92 Å². The molecule has 1 saturated heterocycles. The zero-order valence-electron chi connectivity index (χ0n) is 18.1. The van der Waals surface area contributed by atoms with Gasteiger partial charge in [-0.05, 0) is 55.8 Å². The lowest BCUT2D eigenvalue weighted by molar-refractivity contribution is -0.121. The summed E-state index contributed by atoms with van der Waals surface area (Å²) in [5, 5.41) is 9.46. The first-order valence-electron chi connectivity index (χ1n) is 10.5. The van der Waals surface area contributed by atoms with Crippen LogP contribution in [0.5, 0.6) is 0 Å². The number of aldehydes is 1. The van der Waals surface area contributed by atoms with Crippen molar-refractivity contribution in [2.75, 3.05) is 22.9 Å². The Hall–Kier alpha value is -3.76. The normalized spacial score (nSPS) is 16.8. The zero-order valence-corrected chi connectivity index (χ0v) is 18.9. The number of hydrogen-bond acceptors (Lipinski definition) is 6. The van der Waals surface area contributed by atoms with Crippen molar-refractivity contribution in [3.05, 3.63) is 64.9 Å². The highest BCUT2D eigenvalue weighted by Crippen LogP contribution is 2.47. The van der Waals surface area contributed by atoms with Crippen molar-refractivity contribution in [1.82, 2.24) is 9.97 Å². The van der Waals surface area contributed by atoms with Crippen LogP contribution in [0.2, 0.25) is 5.02 Å². The summed E-state index contributed by atoms with van der Waals surface area (Å²) >= 11 is 6.23. The lowest BCUT2D eigenvalue weighted by Gasteiger charge is -2.37. The van der Waals surface area contributed by atoms with Gasteiger partial charge in [0.15, 0.2) is 5.82 Å². The molecule has 2 aliphatic rings. The molecule has 3 heterocycles. The predicted octanol–water partition coefficient (Wildman–Crippen LogP) is 4.26. The number of rotatable bonds is 4. The second kappa shape index (κ2) is 7.68. The van der Waals surface area contributed by atoms with Gasteiger partial charge in [0, 0.05) is 24.6 Å². The summed E-state index contributed by atoms with van der Waals surface area (Å²) < 4.78 is 0. The van der Waals surface area contributed by atoms with Gasteiger partial charge in [0.05, 0.1) is 45.5 Å². The fourth-order valence-electron chi connectivity index (χ4n) is 4.31. The van der Waals surface area contributed by atoms with Gasteiger partial charge in [-0.3, -0.25) is 9.69 Å². The molecular weight excluding hydrogens is 438 g/mol. The first-order chi connectivity index (χ1) is 15.8. The van der Waals surface area contributed by atoms with E-state index in [2.05, 4.69) is 14.9 Å². The number of anilines is 3. The minimum atomic E-state index is -0.757. The summed E-state index contributed by atoms with van der Waals surface area (Å²) in [6.45, 7) is 5.16. The molecular formula is C25H20ClN5O2. The Morgan fingerprint density at radius 1 is 1.12 bits per heavy atom. The van der Waals surface area contributed by atoms with E-state index in [9.17, 15) is 9.59 Å². The van der Waals surface area contributed by atoms with E-state index in [1.165, 1.54) is 0 Å². The van der Waals surface area contributed by atoms with Crippen LogP contribution in [0.4, 0.5) is 17.1 Å². The molecule has 7 nitrogen and oxygen atoms in total. The van der Waals surface area contributed by atoms with E-state index in [0.717, 1.165) is 28.8 Å². The van der Waals surface area contributed by atoms with E-state index in [1.54, 1.807) is 35.5 Å². The van der Waals surface area contributed by atoms with E-state index in [1.807, 2.05) is 38.1 Å². The molecule has 1 aromatic heterocycles. The third kappa shape index (κ3) is 3.35. The molecule has 164 valence electrons. The quantitative estimate of drug-likeness (QED) is 0.544. The minimum Gasteiger partial charge on any atom is -0.367 e. The maximum atomic E-state index is 13.4. The third-order valence-electron chi connectivity index (χ3n) is 6.34. The number of aromatic nitrogens is 2. The first-order valence-corrected chi connectivity index (χ1v) is 10.9. The van der Waals surface area contributed by atoms with Crippen molar-refractivity contribution < 1.29 is 9.59 Å². The number of halogens is 1. The predicted molar refractivity (Wildman–Crippen MR) is 126 cm³/mol. The Morgan fingerprint density at radius 2 is 1.85 bits per heavy atom. The molecule has 1 amide bonds. The molecule has 0 saturated carbocycles. The van der Waals surface area contributed by atoms with Crippen LogP contribution in [0.25, 0.3) is 11.4 Å². The molecule has 3 aromatic rings. The van der Waals surface area contributed by atoms with Gasteiger partial charge in [0.25, 0.3) is 0 Å². The Balaban J connectivity index is 1.48. The van der Waals surface area contributed by atoms with Gasteiger partial charge < -0.3 is 9.69 Å². The molecule has 0 radical (unpaired) electrons. The van der Waals surface area contributed by atoms with Crippen molar-refractivity contribution in [2.45, 2.75) is 19.3 Å². The number of amides is 1. The summed E-state index contributed by atoms with van der Waals surface area (Å²) in [6.07, 6.45) is 4.50. The van der Waals surface area contributed by atoms with Gasteiger partial charge in [0.2, 0.25) is 5.91 Å². The third-order valence-corrected chi connectivity index (χ3v) is 6.66. The van der Waals surface area contributed by atoms with Gasteiger partial charge in [-0.25, -0.2) is 9.97 Å². The largest absolute Gasteiger partial charge is 0.367 e. The highest BCUT2D eigenvalue weighted by molar-refractivity contribution is 6.32. The van der Waals surface area contributed by atoms with Crippen molar-refractivity contribution in [3.63, 3.8) is 0 Å². The number of nitriles is 1. The van der Waals surface area contributed by atoms with Crippen LogP contribution < -0.4 is 9.80 Å². The lowest BCUT2D eigenvalue weighted by atomic mass is 9.85. The number of fused-ring (bicyclic) bond motifs is 1. The molecule has 2 aliphatic heterocycles. The highest BCUT2D eigenvalue weighted by Gasteiger charge is 2.44. The standard InChI is InChI=1S/C25H20ClN5O2/c1-25(2)20-7-16(23-28-10-19(11-29-23)30-12-15(13-30)14-32)4-6-22(20)31(24(25)33)18-5-3-17(9-27)21(26)8-18/h3-8,10-11,14-15H,12-13H2,1-2H3. The molecule has 0 aliphatic carbocycles. The van der Waals surface area contributed by atoms with Crippen molar-refractivity contribution in [3.8, 4) is 17.5 Å². The highest BCUT2D eigenvalue weighted by atomic mass is 35.5. The summed E-state index contributed by atoms with van der Waals surface area (Å²) in [4.78, 5) is 36.9. The summed E-state index contributed by atoms with van der Waals surface area (Å²) in [6, 6.07) is 12.8. The maximum Gasteiger partial charge on any atom is 0.241 e. The molecule has 2 aromatic carbocycles. The fourth-order valence-corrected chi connectivity index (χ4v) is 4.53. The van der Waals surface area contributed by atoms with Crippen molar-refractivity contribution >= 4 is 40.9 Å². The van der Waals surface area contributed by atoms with Crippen LogP contribution in [0.3, 0.4) is 0 Å². The molecule has 1 fully saturated rings. The van der Waals surface area contributed by atoms with E-state index in [4.69, 9.17) is 16.9 Å². The molecule has 0 spiro atoms. The molecule has 0 unspecified atom stereocenters. The summed E-state index contributed by atoms with van der Waals surface area (Å²) in [5.41, 5.74) is 3.57. The average Bonchev–Trinajstić information content (AvgIpc) is 2.98. The Bertz CT molecular complexity index is 1320. The van der Waals surface area contributed by atoms with Crippen LogP contribution in [-0.2, 0) is 15.0 Å². The van der Waals surface area contributed by atoms with E-state index in [0.29, 0.717) is 35.2 Å². The molecule has 5 rings (SSSR count). The topological polar surface area (TPSA) is 90.2 Å². The monoisotopic (exact) mass is 457 g/mol. The molecule has 0 bridgehead atoms. The van der Waals surface area contributed by atoms with E-state index in [-0.39, 0.29) is 11.8 Å². The Labute approximate surface area is 196 Å². The van der Waals surface area contributed by atoms with E-state index >= 15 is 0 Å². The Morgan fingerprint density at radius 3 is 2.48 bits per heavy atom. The number of benzene rings is 2. The molecule has 33 heavy (non-hydrogen) atoms. The lowest BCUT2D eigenvalue weighted by Crippen LogP contribution is -2.47. The second-order valence-corrected chi connectivity index (χ2v) is 9.25. The fraction of sp³-hybridized carbons (Fsp3) is 0.240. The van der Waals surface area contributed by atoms with E-state index < -0.39 is 5.41 Å². The van der Waals surface area contributed by atoms with Gasteiger partial charge in [0.1, 0.15) is 12.4 Å². The van der Waals surface area contributed by atoms with Gasteiger partial charge in [-0.2, -0.15) is 5.26 Å². The SMILES string of the molecule is CC1(C)C(=O)N(c2ccc(C#N)c(Cl)c2)c2ccc(-c3ncc(N4CC(C=O)C4)cn3)cc21. The number of hydrogen-bond donors (Lipinski definition) is 0. The minimum absolute atomic E-state index is 0.0748. The van der Waals surface area contributed by atoms with Gasteiger partial charge in [-0.1, -0.05) is 11.6 Å². The second-order valence-electron chi connectivity index (χ2n) is 8.84. The van der Waals surface area contributed by atoms with Crippen LogP contribution in [0.15, 0.2) is 48.8 Å². The molecule has 8 heteroatoms. The number of nitrogens with zero attached hydrogens (tertiary/aromatic N) is 5. The van der Waals surface area contributed by atoms with Gasteiger partial charge >= 0.3 is 0 Å². The van der Waals surface area contributed by atoms with Crippen LogP contribution >= 0.6 is 11.6 Å². The maximum absolute atomic E-state index is 13.4. The summed E-state index contributed by atoms with van der Waals surface area (Å²) in [5.74, 6) is 0.571. The number of carbonyl (C=O) groups is 2. The summed E-state index contributed by atoms with van der Waals surface area (Å²) in [7, 11) is 0. The van der Waals surface area contributed by atoms with Crippen LogP contribution in [0.1, 0.15) is 25.0 Å². The van der Waals surface area contributed by atoms with Crippen LogP contribution in [-0.4, -0.2) is 35.3 Å². The van der Waals surface area contributed by atoms with Gasteiger partial charge in [-0.15, -0.1) is 0 Å². The molecule has 0 atom stereocenters. The first kappa shape index (κ1) is 21.1. The zero-order chi connectivity index (χ0) is 23.3. The average molecular weight is 458 g/mol. The molecule has 0 N–H and O–H groups in total. The number of carbonyl (C=O) groups excluding carboxylic acids is 2. The smallest absolute Gasteiger partial charge is 0.241 e.